The predicted octanol–water partition coefficient (Wildman–Crippen LogP) is 2.70. The molecule has 0 aliphatic rings. The summed E-state index contributed by atoms with van der Waals surface area (Å²) in [4.78, 5) is 23.6. The molecule has 25 heavy (non-hydrogen) atoms. The van der Waals surface area contributed by atoms with Crippen molar-refractivity contribution in [2.75, 3.05) is 6.61 Å². The van der Waals surface area contributed by atoms with Crippen molar-refractivity contribution >= 4 is 5.91 Å². The lowest BCUT2D eigenvalue weighted by molar-refractivity contribution is 0.0932. The fourth-order valence-corrected chi connectivity index (χ4v) is 2.24. The number of hydrogen-bond donors (Lipinski definition) is 1. The van der Waals surface area contributed by atoms with Gasteiger partial charge in [-0.3, -0.25) is 9.59 Å². The molecule has 1 aromatic carbocycles. The number of rotatable bonds is 7. The lowest BCUT2D eigenvalue weighted by Gasteiger charge is -2.15. The SMILES string of the molecule is CC(C)CCOc1ccc([C@@H](C)NC(=O)c2ccc(=O)n(C)n2)cc1. The van der Waals surface area contributed by atoms with E-state index in [9.17, 15) is 9.59 Å². The third-order valence-electron chi connectivity index (χ3n) is 3.88. The van der Waals surface area contributed by atoms with Gasteiger partial charge >= 0.3 is 0 Å². The number of aryl methyl sites for hydroxylation is 1. The van der Waals surface area contributed by atoms with Crippen LogP contribution in [-0.4, -0.2) is 22.3 Å². The summed E-state index contributed by atoms with van der Waals surface area (Å²) in [5.74, 6) is 1.11. The first-order valence-electron chi connectivity index (χ1n) is 8.45. The minimum absolute atomic E-state index is 0.184. The summed E-state index contributed by atoms with van der Waals surface area (Å²) in [5.41, 5.74) is 0.926. The highest BCUT2D eigenvalue weighted by Gasteiger charge is 2.13. The molecule has 6 nitrogen and oxygen atoms in total. The molecule has 0 bridgehead atoms. The van der Waals surface area contributed by atoms with Gasteiger partial charge in [-0.15, -0.1) is 0 Å². The van der Waals surface area contributed by atoms with E-state index in [0.717, 1.165) is 22.4 Å². The van der Waals surface area contributed by atoms with Crippen LogP contribution in [0.15, 0.2) is 41.2 Å². The zero-order valence-corrected chi connectivity index (χ0v) is 15.2. The molecule has 0 aliphatic heterocycles. The van der Waals surface area contributed by atoms with Crippen LogP contribution in [-0.2, 0) is 7.05 Å². The molecule has 0 saturated carbocycles. The summed E-state index contributed by atoms with van der Waals surface area (Å²) in [6, 6.07) is 10.3. The van der Waals surface area contributed by atoms with E-state index in [0.29, 0.717) is 12.5 Å². The van der Waals surface area contributed by atoms with Crippen LogP contribution in [0.4, 0.5) is 0 Å². The monoisotopic (exact) mass is 343 g/mol. The van der Waals surface area contributed by atoms with E-state index in [1.54, 1.807) is 0 Å². The van der Waals surface area contributed by atoms with Gasteiger partial charge in [-0.05, 0) is 43.0 Å². The van der Waals surface area contributed by atoms with Gasteiger partial charge in [0.15, 0.2) is 0 Å². The number of benzene rings is 1. The quantitative estimate of drug-likeness (QED) is 0.839. The van der Waals surface area contributed by atoms with Gasteiger partial charge in [0.2, 0.25) is 0 Å². The summed E-state index contributed by atoms with van der Waals surface area (Å²) in [5, 5.41) is 6.83. The van der Waals surface area contributed by atoms with E-state index in [1.807, 2.05) is 31.2 Å². The highest BCUT2D eigenvalue weighted by Crippen LogP contribution is 2.18. The number of aromatic nitrogens is 2. The molecular formula is C19H25N3O3. The second-order valence-electron chi connectivity index (χ2n) is 6.48. The van der Waals surface area contributed by atoms with Crippen molar-refractivity contribution in [3.63, 3.8) is 0 Å². The molecule has 6 heteroatoms. The zero-order valence-electron chi connectivity index (χ0n) is 15.2. The summed E-state index contributed by atoms with van der Waals surface area (Å²) in [7, 11) is 1.51. The van der Waals surface area contributed by atoms with E-state index >= 15 is 0 Å². The number of carbonyl (C=O) groups excluding carboxylic acids is 1. The maximum Gasteiger partial charge on any atom is 0.272 e. The van der Waals surface area contributed by atoms with Crippen LogP contribution in [0.1, 0.15) is 49.3 Å². The fraction of sp³-hybridized carbons (Fsp3) is 0.421. The Bertz CT molecular complexity index is 766. The Morgan fingerprint density at radius 3 is 2.44 bits per heavy atom. The van der Waals surface area contributed by atoms with Crippen LogP contribution in [0.2, 0.25) is 0 Å². The lowest BCUT2D eigenvalue weighted by atomic mass is 10.1. The summed E-state index contributed by atoms with van der Waals surface area (Å²) < 4.78 is 6.84. The Morgan fingerprint density at radius 1 is 1.16 bits per heavy atom. The lowest BCUT2D eigenvalue weighted by Crippen LogP contribution is -2.30. The molecule has 1 heterocycles. The summed E-state index contributed by atoms with van der Waals surface area (Å²) in [6.45, 7) is 6.92. The van der Waals surface area contributed by atoms with Crippen LogP contribution < -0.4 is 15.6 Å². The molecular weight excluding hydrogens is 318 g/mol. The number of amides is 1. The number of hydrogen-bond acceptors (Lipinski definition) is 4. The maximum absolute atomic E-state index is 12.3. The standard InChI is InChI=1S/C19H25N3O3/c1-13(2)11-12-25-16-7-5-15(6-8-16)14(3)20-19(24)17-9-10-18(23)22(4)21-17/h5-10,13-14H,11-12H2,1-4H3,(H,20,24)/t14-/m1/s1. The van der Waals surface area contributed by atoms with Crippen molar-refractivity contribution < 1.29 is 9.53 Å². The molecule has 0 spiro atoms. The molecule has 1 N–H and O–H groups in total. The van der Waals surface area contributed by atoms with Crippen LogP contribution in [0.25, 0.3) is 0 Å². The second kappa shape index (κ2) is 8.46. The van der Waals surface area contributed by atoms with Crippen molar-refractivity contribution in [1.82, 2.24) is 15.1 Å². The Balaban J connectivity index is 1.95. The fourth-order valence-electron chi connectivity index (χ4n) is 2.24. The van der Waals surface area contributed by atoms with Crippen LogP contribution in [0.3, 0.4) is 0 Å². The van der Waals surface area contributed by atoms with Gasteiger partial charge < -0.3 is 10.1 Å². The minimum atomic E-state index is -0.319. The molecule has 1 atom stereocenters. The topological polar surface area (TPSA) is 73.2 Å². The number of ether oxygens (including phenoxy) is 1. The Hall–Kier alpha value is -2.63. The van der Waals surface area contributed by atoms with E-state index in [1.165, 1.54) is 19.2 Å². The van der Waals surface area contributed by atoms with Crippen LogP contribution in [0.5, 0.6) is 5.75 Å². The van der Waals surface area contributed by atoms with Crippen molar-refractivity contribution in [2.45, 2.75) is 33.2 Å². The van der Waals surface area contributed by atoms with Crippen molar-refractivity contribution in [1.29, 1.82) is 0 Å². The first-order chi connectivity index (χ1) is 11.9. The summed E-state index contributed by atoms with van der Waals surface area (Å²) >= 11 is 0. The average Bonchev–Trinajstić information content (AvgIpc) is 2.57. The first kappa shape index (κ1) is 18.7. The molecule has 0 fully saturated rings. The van der Waals surface area contributed by atoms with Crippen molar-refractivity contribution in [3.8, 4) is 5.75 Å². The van der Waals surface area contributed by atoms with Gasteiger partial charge in [-0.2, -0.15) is 5.10 Å². The van der Waals surface area contributed by atoms with Gasteiger partial charge in [0.25, 0.3) is 11.5 Å². The second-order valence-corrected chi connectivity index (χ2v) is 6.48. The Morgan fingerprint density at radius 2 is 1.84 bits per heavy atom. The zero-order chi connectivity index (χ0) is 18.4. The molecule has 1 aromatic heterocycles. The maximum atomic E-state index is 12.3. The van der Waals surface area contributed by atoms with Crippen molar-refractivity contribution in [2.24, 2.45) is 13.0 Å². The molecule has 0 saturated heterocycles. The molecule has 134 valence electrons. The molecule has 0 aliphatic carbocycles. The highest BCUT2D eigenvalue weighted by atomic mass is 16.5. The molecule has 1 amide bonds. The number of nitrogens with one attached hydrogen (secondary N) is 1. The third kappa shape index (κ3) is 5.45. The van der Waals surface area contributed by atoms with Gasteiger partial charge in [0.05, 0.1) is 12.6 Å². The van der Waals surface area contributed by atoms with Gasteiger partial charge in [0.1, 0.15) is 11.4 Å². The van der Waals surface area contributed by atoms with Crippen LogP contribution >= 0.6 is 0 Å². The largest absolute Gasteiger partial charge is 0.494 e. The normalized spacial score (nSPS) is 12.0. The van der Waals surface area contributed by atoms with E-state index in [-0.39, 0.29) is 23.2 Å². The minimum Gasteiger partial charge on any atom is -0.494 e. The van der Waals surface area contributed by atoms with Gasteiger partial charge in [-0.1, -0.05) is 26.0 Å². The van der Waals surface area contributed by atoms with Crippen LogP contribution in [0, 0.1) is 5.92 Å². The van der Waals surface area contributed by atoms with Gasteiger partial charge in [0, 0.05) is 13.1 Å². The number of nitrogens with zero attached hydrogens (tertiary/aromatic N) is 2. The average molecular weight is 343 g/mol. The highest BCUT2D eigenvalue weighted by molar-refractivity contribution is 5.92. The van der Waals surface area contributed by atoms with E-state index < -0.39 is 0 Å². The van der Waals surface area contributed by atoms with E-state index in [4.69, 9.17) is 4.74 Å². The predicted molar refractivity (Wildman–Crippen MR) is 96.8 cm³/mol. The molecule has 2 aromatic rings. The number of carbonyl (C=O) groups is 1. The van der Waals surface area contributed by atoms with E-state index in [2.05, 4.69) is 24.3 Å². The molecule has 2 rings (SSSR count). The molecule has 0 unspecified atom stereocenters. The summed E-state index contributed by atoms with van der Waals surface area (Å²) in [6.07, 6.45) is 1.01. The third-order valence-corrected chi connectivity index (χ3v) is 3.88. The Kier molecular flexibility index (Phi) is 6.33. The Labute approximate surface area is 147 Å². The van der Waals surface area contributed by atoms with Gasteiger partial charge in [-0.25, -0.2) is 4.68 Å². The smallest absolute Gasteiger partial charge is 0.272 e. The van der Waals surface area contributed by atoms with Crippen molar-refractivity contribution in [3.05, 3.63) is 58.0 Å². The molecule has 0 radical (unpaired) electrons. The first-order valence-corrected chi connectivity index (χ1v) is 8.45.